The van der Waals surface area contributed by atoms with Crippen LogP contribution < -0.4 is 0 Å². The third kappa shape index (κ3) is 2.04. The van der Waals surface area contributed by atoms with Gasteiger partial charge < -0.3 is 0 Å². The fraction of sp³-hybridized carbons (Fsp3) is 0.0556. The summed E-state index contributed by atoms with van der Waals surface area (Å²) in [4.78, 5) is 12.6. The van der Waals surface area contributed by atoms with Gasteiger partial charge in [0.1, 0.15) is 0 Å². The molecule has 3 rings (SSSR count). The van der Waals surface area contributed by atoms with Gasteiger partial charge in [-0.15, -0.1) is 0 Å². The minimum Gasteiger partial charge on any atom is -0.289 e. The summed E-state index contributed by atoms with van der Waals surface area (Å²) in [5.41, 5.74) is 2.70. The standard InChI is InChI=1S/C18H14O/c1-13-11-12-17(16-10-6-5-9-15(13)16)18(19)14-7-3-2-4-8-14/h2-12H,1H3. The Balaban J connectivity index is 2.22. The van der Waals surface area contributed by atoms with Crippen LogP contribution in [0.3, 0.4) is 0 Å². The molecule has 0 saturated heterocycles. The monoisotopic (exact) mass is 246 g/mol. The van der Waals surface area contributed by atoms with Crippen molar-refractivity contribution >= 4 is 16.6 Å². The normalized spacial score (nSPS) is 10.6. The molecule has 0 aliphatic rings. The first-order valence-corrected chi connectivity index (χ1v) is 6.35. The number of fused-ring (bicyclic) bond motifs is 1. The van der Waals surface area contributed by atoms with E-state index in [1.54, 1.807) is 0 Å². The molecule has 92 valence electrons. The molecule has 0 radical (unpaired) electrons. The minimum absolute atomic E-state index is 0.0804. The lowest BCUT2D eigenvalue weighted by Crippen LogP contribution is -2.02. The van der Waals surface area contributed by atoms with Gasteiger partial charge in [-0.2, -0.15) is 0 Å². The number of carbonyl (C=O) groups excluding carboxylic acids is 1. The van der Waals surface area contributed by atoms with Crippen LogP contribution in [0.5, 0.6) is 0 Å². The van der Waals surface area contributed by atoms with E-state index in [0.29, 0.717) is 0 Å². The van der Waals surface area contributed by atoms with E-state index in [4.69, 9.17) is 0 Å². The number of aryl methyl sites for hydroxylation is 1. The summed E-state index contributed by atoms with van der Waals surface area (Å²) in [7, 11) is 0. The molecular formula is C18H14O. The molecule has 0 aliphatic heterocycles. The van der Waals surface area contributed by atoms with Crippen LogP contribution in [0.25, 0.3) is 10.8 Å². The second-order valence-corrected chi connectivity index (χ2v) is 4.67. The van der Waals surface area contributed by atoms with Crippen molar-refractivity contribution in [3.05, 3.63) is 83.4 Å². The summed E-state index contributed by atoms with van der Waals surface area (Å²) in [6.45, 7) is 2.07. The lowest BCUT2D eigenvalue weighted by Gasteiger charge is -2.08. The molecule has 0 spiro atoms. The van der Waals surface area contributed by atoms with Crippen molar-refractivity contribution in [2.45, 2.75) is 6.92 Å². The molecule has 0 aromatic heterocycles. The van der Waals surface area contributed by atoms with E-state index in [0.717, 1.165) is 21.9 Å². The molecule has 3 aromatic rings. The molecule has 0 N–H and O–H groups in total. The van der Waals surface area contributed by atoms with Gasteiger partial charge in [0.15, 0.2) is 5.78 Å². The molecule has 0 heterocycles. The Bertz CT molecular complexity index is 742. The van der Waals surface area contributed by atoms with Crippen molar-refractivity contribution in [1.82, 2.24) is 0 Å². The number of hydrogen-bond acceptors (Lipinski definition) is 1. The number of carbonyl (C=O) groups is 1. The predicted molar refractivity (Wildman–Crippen MR) is 78.6 cm³/mol. The Kier molecular flexibility index (Phi) is 2.88. The average molecular weight is 246 g/mol. The van der Waals surface area contributed by atoms with Gasteiger partial charge in [0.25, 0.3) is 0 Å². The fourth-order valence-electron chi connectivity index (χ4n) is 2.39. The first kappa shape index (κ1) is 11.7. The highest BCUT2D eigenvalue weighted by Gasteiger charge is 2.12. The molecule has 0 atom stereocenters. The summed E-state index contributed by atoms with van der Waals surface area (Å²) < 4.78 is 0. The highest BCUT2D eigenvalue weighted by molar-refractivity contribution is 6.16. The number of hydrogen-bond donors (Lipinski definition) is 0. The van der Waals surface area contributed by atoms with Crippen molar-refractivity contribution < 1.29 is 4.79 Å². The van der Waals surface area contributed by atoms with Crippen LogP contribution in [0, 0.1) is 6.92 Å². The smallest absolute Gasteiger partial charge is 0.193 e. The van der Waals surface area contributed by atoms with Gasteiger partial charge >= 0.3 is 0 Å². The van der Waals surface area contributed by atoms with E-state index in [1.165, 1.54) is 5.56 Å². The second-order valence-electron chi connectivity index (χ2n) is 4.67. The largest absolute Gasteiger partial charge is 0.289 e. The van der Waals surface area contributed by atoms with Crippen LogP contribution in [0.2, 0.25) is 0 Å². The van der Waals surface area contributed by atoms with E-state index in [-0.39, 0.29) is 5.78 Å². The van der Waals surface area contributed by atoms with Crippen molar-refractivity contribution in [1.29, 1.82) is 0 Å². The van der Waals surface area contributed by atoms with E-state index >= 15 is 0 Å². The minimum atomic E-state index is 0.0804. The van der Waals surface area contributed by atoms with Gasteiger partial charge in [0, 0.05) is 11.1 Å². The first-order valence-electron chi connectivity index (χ1n) is 6.35. The van der Waals surface area contributed by atoms with Crippen LogP contribution in [0.4, 0.5) is 0 Å². The third-order valence-corrected chi connectivity index (χ3v) is 3.42. The third-order valence-electron chi connectivity index (χ3n) is 3.42. The Hall–Kier alpha value is -2.41. The Morgan fingerprint density at radius 1 is 0.737 bits per heavy atom. The Morgan fingerprint density at radius 3 is 2.11 bits per heavy atom. The molecule has 0 unspecified atom stereocenters. The van der Waals surface area contributed by atoms with Gasteiger partial charge in [-0.1, -0.05) is 66.7 Å². The zero-order valence-electron chi connectivity index (χ0n) is 10.8. The molecule has 0 fully saturated rings. The topological polar surface area (TPSA) is 17.1 Å². The maximum Gasteiger partial charge on any atom is 0.193 e. The van der Waals surface area contributed by atoms with Crippen molar-refractivity contribution in [3.63, 3.8) is 0 Å². The average Bonchev–Trinajstić information content (AvgIpc) is 2.48. The highest BCUT2D eigenvalue weighted by atomic mass is 16.1. The van der Waals surface area contributed by atoms with E-state index in [1.807, 2.05) is 60.7 Å². The number of rotatable bonds is 2. The number of ketones is 1. The quantitative estimate of drug-likeness (QED) is 0.613. The molecule has 0 amide bonds. The van der Waals surface area contributed by atoms with Crippen molar-refractivity contribution in [2.75, 3.05) is 0 Å². The molecule has 0 saturated carbocycles. The van der Waals surface area contributed by atoms with Crippen molar-refractivity contribution in [2.24, 2.45) is 0 Å². The van der Waals surface area contributed by atoms with Gasteiger partial charge in [0.2, 0.25) is 0 Å². The first-order chi connectivity index (χ1) is 9.27. The zero-order valence-corrected chi connectivity index (χ0v) is 10.8. The molecule has 0 bridgehead atoms. The van der Waals surface area contributed by atoms with Gasteiger partial charge in [-0.05, 0) is 23.3 Å². The lowest BCUT2D eigenvalue weighted by atomic mass is 9.95. The van der Waals surface area contributed by atoms with Gasteiger partial charge in [-0.25, -0.2) is 0 Å². The van der Waals surface area contributed by atoms with Gasteiger partial charge in [0.05, 0.1) is 0 Å². The van der Waals surface area contributed by atoms with Crippen molar-refractivity contribution in [3.8, 4) is 0 Å². The molecular weight excluding hydrogens is 232 g/mol. The SMILES string of the molecule is Cc1ccc(C(=O)c2ccccc2)c2ccccc12. The van der Waals surface area contributed by atoms with Crippen LogP contribution in [0.15, 0.2) is 66.7 Å². The summed E-state index contributed by atoms with van der Waals surface area (Å²) in [6.07, 6.45) is 0. The summed E-state index contributed by atoms with van der Waals surface area (Å²) in [6, 6.07) is 21.4. The molecule has 0 aliphatic carbocycles. The summed E-state index contributed by atoms with van der Waals surface area (Å²) >= 11 is 0. The van der Waals surface area contributed by atoms with Crippen LogP contribution in [-0.4, -0.2) is 5.78 Å². The zero-order chi connectivity index (χ0) is 13.2. The molecule has 1 nitrogen and oxygen atoms in total. The summed E-state index contributed by atoms with van der Waals surface area (Å²) in [5.74, 6) is 0.0804. The maximum atomic E-state index is 12.6. The summed E-state index contributed by atoms with van der Waals surface area (Å²) in [5, 5.41) is 2.17. The Labute approximate surface area is 112 Å². The maximum absolute atomic E-state index is 12.6. The molecule has 19 heavy (non-hydrogen) atoms. The van der Waals surface area contributed by atoms with E-state index in [9.17, 15) is 4.79 Å². The Morgan fingerprint density at radius 2 is 1.37 bits per heavy atom. The highest BCUT2D eigenvalue weighted by Crippen LogP contribution is 2.24. The second kappa shape index (κ2) is 4.69. The van der Waals surface area contributed by atoms with Crippen LogP contribution >= 0.6 is 0 Å². The molecule has 1 heteroatoms. The van der Waals surface area contributed by atoms with E-state index < -0.39 is 0 Å². The van der Waals surface area contributed by atoms with Crippen LogP contribution in [-0.2, 0) is 0 Å². The van der Waals surface area contributed by atoms with Crippen LogP contribution in [0.1, 0.15) is 21.5 Å². The predicted octanol–water partition coefficient (Wildman–Crippen LogP) is 4.38. The van der Waals surface area contributed by atoms with E-state index in [2.05, 4.69) is 13.0 Å². The van der Waals surface area contributed by atoms with Gasteiger partial charge in [-0.3, -0.25) is 4.79 Å². The number of benzene rings is 3. The fourth-order valence-corrected chi connectivity index (χ4v) is 2.39. The molecule has 3 aromatic carbocycles. The lowest BCUT2D eigenvalue weighted by molar-refractivity contribution is 0.104.